The van der Waals surface area contributed by atoms with E-state index in [-0.39, 0.29) is 29.0 Å². The molecule has 10 heteroatoms. The highest BCUT2D eigenvalue weighted by Gasteiger charge is 2.33. The van der Waals surface area contributed by atoms with Gasteiger partial charge >= 0.3 is 0 Å². The maximum absolute atomic E-state index is 14.0. The van der Waals surface area contributed by atoms with Crippen molar-refractivity contribution in [1.82, 2.24) is 10.2 Å². The summed E-state index contributed by atoms with van der Waals surface area (Å²) in [5.41, 5.74) is 2.03. The summed E-state index contributed by atoms with van der Waals surface area (Å²) < 4.78 is 34.0. The number of rotatable bonds is 12. The van der Waals surface area contributed by atoms with Crippen molar-refractivity contribution < 1.29 is 22.7 Å². The molecule has 3 aromatic rings. The molecule has 0 fully saturated rings. The molecule has 1 N–H and O–H groups in total. The summed E-state index contributed by atoms with van der Waals surface area (Å²) in [6.45, 7) is 7.58. The molecule has 0 saturated heterocycles. The molecule has 40 heavy (non-hydrogen) atoms. The van der Waals surface area contributed by atoms with Gasteiger partial charge in [-0.1, -0.05) is 55.8 Å². The van der Waals surface area contributed by atoms with Crippen molar-refractivity contribution in [1.29, 1.82) is 0 Å². The lowest BCUT2D eigenvalue weighted by molar-refractivity contribution is -0.139. The van der Waals surface area contributed by atoms with Gasteiger partial charge < -0.3 is 15.0 Å². The van der Waals surface area contributed by atoms with E-state index in [2.05, 4.69) is 5.32 Å². The molecule has 0 aliphatic carbocycles. The molecule has 0 aromatic heterocycles. The fourth-order valence-electron chi connectivity index (χ4n) is 4.04. The van der Waals surface area contributed by atoms with Crippen LogP contribution in [0.3, 0.4) is 0 Å². The molecule has 3 aromatic carbocycles. The van der Waals surface area contributed by atoms with Crippen LogP contribution in [0, 0.1) is 12.8 Å². The Bertz CT molecular complexity index is 1430. The molecule has 1 atom stereocenters. The second-order valence-corrected chi connectivity index (χ2v) is 12.2. The predicted molar refractivity (Wildman–Crippen MR) is 158 cm³/mol. The number of carbonyl (C=O) groups is 2. The quantitative estimate of drug-likeness (QED) is 0.321. The van der Waals surface area contributed by atoms with Crippen LogP contribution in [0.4, 0.5) is 5.69 Å². The number of methoxy groups -OCH3 is 1. The van der Waals surface area contributed by atoms with Gasteiger partial charge in [0.1, 0.15) is 18.3 Å². The third kappa shape index (κ3) is 7.76. The Labute approximate surface area is 241 Å². The van der Waals surface area contributed by atoms with Crippen molar-refractivity contribution in [2.45, 2.75) is 45.2 Å². The number of sulfonamides is 1. The van der Waals surface area contributed by atoms with E-state index in [9.17, 15) is 18.0 Å². The molecular formula is C30H36ClN3O5S. The van der Waals surface area contributed by atoms with Gasteiger partial charge in [-0.25, -0.2) is 8.42 Å². The minimum Gasteiger partial charge on any atom is -0.497 e. The first-order chi connectivity index (χ1) is 18.9. The first-order valence-electron chi connectivity index (χ1n) is 13.0. The van der Waals surface area contributed by atoms with E-state index in [1.165, 1.54) is 42.3 Å². The number of carbonyl (C=O) groups excluding carboxylic acids is 2. The van der Waals surface area contributed by atoms with Crippen molar-refractivity contribution in [2.24, 2.45) is 5.92 Å². The molecule has 2 amide bonds. The molecule has 214 valence electrons. The zero-order chi connectivity index (χ0) is 29.4. The van der Waals surface area contributed by atoms with E-state index in [0.29, 0.717) is 17.3 Å². The van der Waals surface area contributed by atoms with E-state index >= 15 is 0 Å². The number of amides is 2. The van der Waals surface area contributed by atoms with E-state index in [0.717, 1.165) is 15.4 Å². The van der Waals surface area contributed by atoms with Crippen molar-refractivity contribution in [2.75, 3.05) is 24.5 Å². The molecule has 8 nitrogen and oxygen atoms in total. The Morgan fingerprint density at radius 2 is 1.65 bits per heavy atom. The monoisotopic (exact) mass is 585 g/mol. The Morgan fingerprint density at radius 3 is 2.25 bits per heavy atom. The highest BCUT2D eigenvalue weighted by atomic mass is 35.5. The lowest BCUT2D eigenvalue weighted by Gasteiger charge is -2.32. The van der Waals surface area contributed by atoms with Crippen molar-refractivity contribution in [3.8, 4) is 5.75 Å². The molecule has 0 unspecified atom stereocenters. The van der Waals surface area contributed by atoms with E-state index in [1.54, 1.807) is 25.1 Å². The first-order valence-corrected chi connectivity index (χ1v) is 14.8. The molecule has 0 radical (unpaired) electrons. The standard InChI is InChI=1S/C30H36ClN3O5S/c1-21(2)18-32-30(36)23(4)33(19-24-10-7-6-9-22(24)3)29(35)20-34(26-12-8-11-25(31)17-26)40(37,38)28-15-13-27(39-5)14-16-28/h6-17,21,23H,18-20H2,1-5H3,(H,32,36)/t23-/m0/s1. The largest absolute Gasteiger partial charge is 0.497 e. The molecule has 0 heterocycles. The molecule has 0 aliphatic heterocycles. The zero-order valence-corrected chi connectivity index (χ0v) is 25.0. The van der Waals surface area contributed by atoms with Gasteiger partial charge in [0, 0.05) is 18.1 Å². The van der Waals surface area contributed by atoms with Crippen LogP contribution < -0.4 is 14.4 Å². The van der Waals surface area contributed by atoms with Gasteiger partial charge in [-0.05, 0) is 73.4 Å². The smallest absolute Gasteiger partial charge is 0.264 e. The summed E-state index contributed by atoms with van der Waals surface area (Å²) in [6.07, 6.45) is 0. The number of halogens is 1. The lowest BCUT2D eigenvalue weighted by Crippen LogP contribution is -2.51. The van der Waals surface area contributed by atoms with E-state index < -0.39 is 28.5 Å². The van der Waals surface area contributed by atoms with Crippen LogP contribution in [0.5, 0.6) is 5.75 Å². The molecular weight excluding hydrogens is 550 g/mol. The number of benzene rings is 3. The van der Waals surface area contributed by atoms with Gasteiger partial charge in [0.15, 0.2) is 0 Å². The van der Waals surface area contributed by atoms with Crippen LogP contribution in [-0.2, 0) is 26.2 Å². The summed E-state index contributed by atoms with van der Waals surface area (Å²) in [4.78, 5) is 28.5. The third-order valence-corrected chi connectivity index (χ3v) is 8.50. The Balaban J connectivity index is 2.03. The number of nitrogens with one attached hydrogen (secondary N) is 1. The summed E-state index contributed by atoms with van der Waals surface area (Å²) in [5.74, 6) is -0.130. The van der Waals surface area contributed by atoms with Crippen molar-refractivity contribution in [3.63, 3.8) is 0 Å². The van der Waals surface area contributed by atoms with Gasteiger partial charge in [-0.3, -0.25) is 13.9 Å². The lowest BCUT2D eigenvalue weighted by atomic mass is 10.1. The predicted octanol–water partition coefficient (Wildman–Crippen LogP) is 5.04. The normalized spacial score (nSPS) is 12.1. The maximum Gasteiger partial charge on any atom is 0.264 e. The van der Waals surface area contributed by atoms with Gasteiger partial charge in [0.05, 0.1) is 17.7 Å². The fourth-order valence-corrected chi connectivity index (χ4v) is 5.63. The van der Waals surface area contributed by atoms with Gasteiger partial charge in [-0.2, -0.15) is 0 Å². The van der Waals surface area contributed by atoms with Crippen LogP contribution >= 0.6 is 11.6 Å². The number of hydrogen-bond acceptors (Lipinski definition) is 5. The second-order valence-electron chi connectivity index (χ2n) is 9.93. The first kappa shape index (κ1) is 31.0. The highest BCUT2D eigenvalue weighted by molar-refractivity contribution is 7.92. The highest BCUT2D eigenvalue weighted by Crippen LogP contribution is 2.28. The summed E-state index contributed by atoms with van der Waals surface area (Å²) in [6, 6.07) is 18.9. The molecule has 0 bridgehead atoms. The van der Waals surface area contributed by atoms with Crippen molar-refractivity contribution in [3.05, 3.63) is 88.9 Å². The minimum atomic E-state index is -4.20. The molecule has 0 aliphatic rings. The minimum absolute atomic E-state index is 0.0192. The fraction of sp³-hybridized carbons (Fsp3) is 0.333. The van der Waals surface area contributed by atoms with Crippen LogP contribution in [-0.4, -0.2) is 51.4 Å². The van der Waals surface area contributed by atoms with Crippen molar-refractivity contribution >= 4 is 39.1 Å². The summed E-state index contributed by atoms with van der Waals surface area (Å²) >= 11 is 6.21. The summed E-state index contributed by atoms with van der Waals surface area (Å²) in [7, 11) is -2.71. The molecule has 3 rings (SSSR count). The number of nitrogens with zero attached hydrogens (tertiary/aromatic N) is 2. The van der Waals surface area contributed by atoms with Gasteiger partial charge in [0.25, 0.3) is 10.0 Å². The number of ether oxygens (including phenoxy) is 1. The van der Waals surface area contributed by atoms with Gasteiger partial charge in [0.2, 0.25) is 11.8 Å². The third-order valence-electron chi connectivity index (χ3n) is 6.48. The Morgan fingerprint density at radius 1 is 0.975 bits per heavy atom. The number of aryl methyl sites for hydroxylation is 1. The molecule has 0 spiro atoms. The van der Waals surface area contributed by atoms with Crippen LogP contribution in [0.15, 0.2) is 77.7 Å². The number of hydrogen-bond donors (Lipinski definition) is 1. The average Bonchev–Trinajstić information content (AvgIpc) is 2.93. The number of anilines is 1. The van der Waals surface area contributed by atoms with Gasteiger partial charge in [-0.15, -0.1) is 0 Å². The Hall–Kier alpha value is -3.56. The second kappa shape index (κ2) is 13.7. The van der Waals surface area contributed by atoms with Crippen LogP contribution in [0.1, 0.15) is 31.9 Å². The van der Waals surface area contributed by atoms with Crippen LogP contribution in [0.25, 0.3) is 0 Å². The van der Waals surface area contributed by atoms with E-state index in [1.807, 2.05) is 45.0 Å². The SMILES string of the molecule is COc1ccc(S(=O)(=O)N(CC(=O)N(Cc2ccccc2C)[C@@H](C)C(=O)NCC(C)C)c2cccc(Cl)c2)cc1. The Kier molecular flexibility index (Phi) is 10.6. The average molecular weight is 586 g/mol. The zero-order valence-electron chi connectivity index (χ0n) is 23.4. The topological polar surface area (TPSA) is 96.0 Å². The maximum atomic E-state index is 14.0. The summed E-state index contributed by atoms with van der Waals surface area (Å²) in [5, 5.41) is 3.20. The van der Waals surface area contributed by atoms with E-state index in [4.69, 9.17) is 16.3 Å². The van der Waals surface area contributed by atoms with Crippen LogP contribution in [0.2, 0.25) is 5.02 Å². The molecule has 0 saturated carbocycles.